The van der Waals surface area contributed by atoms with Crippen molar-refractivity contribution in [3.63, 3.8) is 0 Å². The van der Waals surface area contributed by atoms with E-state index in [-0.39, 0.29) is 23.5 Å². The molecule has 1 rings (SSSR count). The molecule has 0 radical (unpaired) electrons. The quantitative estimate of drug-likeness (QED) is 0.584. The van der Waals surface area contributed by atoms with E-state index in [9.17, 15) is 18.9 Å². The average Bonchev–Trinajstić information content (AvgIpc) is 2.40. The number of hydrogen-bond acceptors (Lipinski definition) is 4. The standard InChI is InChI=1S/C12H16N2O5S/c1-2-20(19)6-5-13-12(18)14-8-3-4-10(15)9(7-8)11(16)17/h3-4,7,15H,2,5-6H2,1H3,(H,16,17)(H2,13,14,18). The van der Waals surface area contributed by atoms with Gasteiger partial charge in [-0.2, -0.15) is 0 Å². The minimum atomic E-state index is -1.29. The van der Waals surface area contributed by atoms with E-state index in [1.807, 2.05) is 0 Å². The lowest BCUT2D eigenvalue weighted by Crippen LogP contribution is -2.32. The number of urea groups is 1. The Bertz CT molecular complexity index is 533. The summed E-state index contributed by atoms with van der Waals surface area (Å²) < 4.78 is 11.2. The van der Waals surface area contributed by atoms with E-state index in [4.69, 9.17) is 5.11 Å². The summed E-state index contributed by atoms with van der Waals surface area (Å²) in [5.74, 6) is -0.768. The molecule has 0 aliphatic rings. The highest BCUT2D eigenvalue weighted by atomic mass is 32.2. The monoisotopic (exact) mass is 300 g/mol. The second-order valence-electron chi connectivity index (χ2n) is 3.85. The van der Waals surface area contributed by atoms with Crippen molar-refractivity contribution in [3.8, 4) is 5.75 Å². The van der Waals surface area contributed by atoms with Gasteiger partial charge in [0.05, 0.1) is 0 Å². The van der Waals surface area contributed by atoms with Gasteiger partial charge in [0.15, 0.2) is 0 Å². The molecule has 1 aromatic rings. The lowest BCUT2D eigenvalue weighted by molar-refractivity contribution is 0.0693. The molecule has 7 nitrogen and oxygen atoms in total. The molecule has 0 heterocycles. The highest BCUT2D eigenvalue weighted by molar-refractivity contribution is 7.84. The van der Waals surface area contributed by atoms with Gasteiger partial charge in [-0.1, -0.05) is 6.92 Å². The molecule has 4 N–H and O–H groups in total. The van der Waals surface area contributed by atoms with Crippen molar-refractivity contribution in [2.24, 2.45) is 0 Å². The van der Waals surface area contributed by atoms with Gasteiger partial charge in [0.25, 0.3) is 0 Å². The smallest absolute Gasteiger partial charge is 0.339 e. The molecule has 20 heavy (non-hydrogen) atoms. The fourth-order valence-corrected chi connectivity index (χ4v) is 2.00. The van der Waals surface area contributed by atoms with Gasteiger partial charge < -0.3 is 20.8 Å². The predicted molar refractivity (Wildman–Crippen MR) is 75.6 cm³/mol. The normalized spacial score (nSPS) is 11.7. The van der Waals surface area contributed by atoms with Gasteiger partial charge in [-0.15, -0.1) is 0 Å². The molecule has 0 aliphatic heterocycles. The first kappa shape index (κ1) is 16.0. The molecule has 1 atom stereocenters. The van der Waals surface area contributed by atoms with Crippen molar-refractivity contribution in [1.29, 1.82) is 0 Å². The topological polar surface area (TPSA) is 116 Å². The molecule has 0 aromatic heterocycles. The Labute approximate surface area is 118 Å². The Morgan fingerprint density at radius 3 is 2.65 bits per heavy atom. The predicted octanol–water partition coefficient (Wildman–Crippen LogP) is 0.980. The van der Waals surface area contributed by atoms with E-state index in [0.29, 0.717) is 11.5 Å². The molecule has 1 aromatic carbocycles. The van der Waals surface area contributed by atoms with E-state index in [1.165, 1.54) is 12.1 Å². The average molecular weight is 300 g/mol. The van der Waals surface area contributed by atoms with Gasteiger partial charge in [-0.25, -0.2) is 9.59 Å². The van der Waals surface area contributed by atoms with Gasteiger partial charge in [-0.05, 0) is 18.2 Å². The van der Waals surface area contributed by atoms with E-state index >= 15 is 0 Å². The largest absolute Gasteiger partial charge is 0.507 e. The lowest BCUT2D eigenvalue weighted by Gasteiger charge is -2.08. The molecule has 0 fully saturated rings. The highest BCUT2D eigenvalue weighted by Gasteiger charge is 2.11. The van der Waals surface area contributed by atoms with Gasteiger partial charge in [-0.3, -0.25) is 4.21 Å². The van der Waals surface area contributed by atoms with Crippen LogP contribution in [-0.2, 0) is 10.8 Å². The van der Waals surface area contributed by atoms with Crippen LogP contribution in [0, 0.1) is 0 Å². The summed E-state index contributed by atoms with van der Waals surface area (Å²) in [5.41, 5.74) is -0.0517. The minimum Gasteiger partial charge on any atom is -0.507 e. The maximum atomic E-state index is 11.5. The van der Waals surface area contributed by atoms with Crippen molar-refractivity contribution in [2.75, 3.05) is 23.4 Å². The molecule has 8 heteroatoms. The molecule has 0 saturated carbocycles. The summed E-state index contributed by atoms with van der Waals surface area (Å²) in [4.78, 5) is 22.3. The van der Waals surface area contributed by atoms with Crippen molar-refractivity contribution >= 4 is 28.5 Å². The zero-order valence-electron chi connectivity index (χ0n) is 10.9. The Hall–Kier alpha value is -2.09. The van der Waals surface area contributed by atoms with Gasteiger partial charge >= 0.3 is 12.0 Å². The summed E-state index contributed by atoms with van der Waals surface area (Å²) in [6.07, 6.45) is 0. The van der Waals surface area contributed by atoms with E-state index < -0.39 is 22.8 Å². The maximum absolute atomic E-state index is 11.5. The van der Waals surface area contributed by atoms with Gasteiger partial charge in [0.2, 0.25) is 0 Å². The van der Waals surface area contributed by atoms with Crippen LogP contribution in [0.1, 0.15) is 17.3 Å². The third-order valence-corrected chi connectivity index (χ3v) is 3.73. The molecule has 2 amide bonds. The fraction of sp³-hybridized carbons (Fsp3) is 0.333. The highest BCUT2D eigenvalue weighted by Crippen LogP contribution is 2.21. The summed E-state index contributed by atoms with van der Waals surface area (Å²) in [6, 6.07) is 3.19. The maximum Gasteiger partial charge on any atom is 0.339 e. The minimum absolute atomic E-state index is 0.245. The third-order valence-electron chi connectivity index (χ3n) is 2.42. The van der Waals surface area contributed by atoms with Gasteiger partial charge in [0.1, 0.15) is 11.3 Å². The van der Waals surface area contributed by atoms with Crippen molar-refractivity contribution in [1.82, 2.24) is 5.32 Å². The Balaban J connectivity index is 2.56. The van der Waals surface area contributed by atoms with E-state index in [2.05, 4.69) is 10.6 Å². The zero-order chi connectivity index (χ0) is 15.1. The number of carboxylic acid groups (broad SMARTS) is 1. The lowest BCUT2D eigenvalue weighted by atomic mass is 10.2. The third kappa shape index (κ3) is 4.88. The number of carboxylic acids is 1. The number of nitrogens with one attached hydrogen (secondary N) is 2. The van der Waals surface area contributed by atoms with Crippen LogP contribution < -0.4 is 10.6 Å². The number of hydrogen-bond donors (Lipinski definition) is 4. The Kier molecular flexibility index (Phi) is 5.98. The number of aromatic carboxylic acids is 1. The Morgan fingerprint density at radius 2 is 2.05 bits per heavy atom. The summed E-state index contributed by atoms with van der Waals surface area (Å²) in [5, 5.41) is 23.1. The van der Waals surface area contributed by atoms with E-state index in [0.717, 1.165) is 6.07 Å². The molecular weight excluding hydrogens is 284 g/mol. The molecule has 0 spiro atoms. The van der Waals surface area contributed by atoms with Crippen LogP contribution in [0.2, 0.25) is 0 Å². The molecule has 1 unspecified atom stereocenters. The second-order valence-corrected chi connectivity index (χ2v) is 5.72. The molecule has 110 valence electrons. The Morgan fingerprint density at radius 1 is 1.35 bits per heavy atom. The summed E-state index contributed by atoms with van der Waals surface area (Å²) >= 11 is 0. The molecule has 0 saturated heterocycles. The number of phenols is 1. The van der Waals surface area contributed by atoms with Crippen molar-refractivity contribution < 1.29 is 24.0 Å². The van der Waals surface area contributed by atoms with Crippen LogP contribution in [0.3, 0.4) is 0 Å². The van der Waals surface area contributed by atoms with Crippen LogP contribution in [0.4, 0.5) is 10.5 Å². The van der Waals surface area contributed by atoms with E-state index in [1.54, 1.807) is 6.92 Å². The zero-order valence-corrected chi connectivity index (χ0v) is 11.7. The van der Waals surface area contributed by atoms with Gasteiger partial charge in [0, 0.05) is 34.5 Å². The van der Waals surface area contributed by atoms with Crippen LogP contribution in [0.15, 0.2) is 18.2 Å². The van der Waals surface area contributed by atoms with Crippen molar-refractivity contribution in [3.05, 3.63) is 23.8 Å². The number of carbonyl (C=O) groups excluding carboxylic acids is 1. The summed E-state index contributed by atoms with van der Waals surface area (Å²) in [7, 11) is -0.956. The first-order valence-corrected chi connectivity index (χ1v) is 7.39. The second kappa shape index (κ2) is 7.49. The number of aromatic hydroxyl groups is 1. The molecule has 0 aliphatic carbocycles. The SMILES string of the molecule is CCS(=O)CCNC(=O)Nc1ccc(O)c(C(=O)O)c1. The van der Waals surface area contributed by atoms with Crippen LogP contribution in [0.25, 0.3) is 0 Å². The first-order valence-electron chi connectivity index (χ1n) is 5.90. The number of amides is 2. The number of benzene rings is 1. The number of anilines is 1. The van der Waals surface area contributed by atoms with Crippen molar-refractivity contribution in [2.45, 2.75) is 6.92 Å². The van der Waals surface area contributed by atoms with Crippen LogP contribution >= 0.6 is 0 Å². The summed E-state index contributed by atoms with van der Waals surface area (Å²) in [6.45, 7) is 2.05. The van der Waals surface area contributed by atoms with Crippen LogP contribution in [0.5, 0.6) is 5.75 Å². The molecular formula is C12H16N2O5S. The molecule has 0 bridgehead atoms. The fourth-order valence-electron chi connectivity index (χ4n) is 1.38. The van der Waals surface area contributed by atoms with Crippen LogP contribution in [-0.4, -0.2) is 44.5 Å². The first-order chi connectivity index (χ1) is 9.43. The number of carbonyl (C=O) groups is 2. The number of rotatable bonds is 6.